The summed E-state index contributed by atoms with van der Waals surface area (Å²) in [6.45, 7) is 11.5. The van der Waals surface area contributed by atoms with Crippen LogP contribution in [0.5, 0.6) is 5.75 Å². The molecule has 3 heterocycles. The first-order chi connectivity index (χ1) is 15.4. The van der Waals surface area contributed by atoms with Crippen LogP contribution in [-0.4, -0.2) is 20.7 Å². The van der Waals surface area contributed by atoms with Crippen molar-refractivity contribution >= 4 is 33.7 Å². The first-order valence-electron chi connectivity index (χ1n) is 10.4. The number of thiophene rings is 1. The molecule has 0 aliphatic rings. The van der Waals surface area contributed by atoms with Gasteiger partial charge in [0.1, 0.15) is 12.4 Å². The minimum absolute atomic E-state index is 0.161. The molecule has 0 radical (unpaired) electrons. The van der Waals surface area contributed by atoms with Gasteiger partial charge in [-0.25, -0.2) is 4.98 Å². The lowest BCUT2D eigenvalue weighted by Crippen LogP contribution is -2.10. The van der Waals surface area contributed by atoms with Crippen LogP contribution in [0.25, 0.3) is 11.3 Å². The number of hydrogen-bond acceptors (Lipinski definition) is 6. The van der Waals surface area contributed by atoms with Crippen molar-refractivity contribution in [2.45, 2.75) is 47.8 Å². The molecule has 4 aromatic rings. The summed E-state index contributed by atoms with van der Waals surface area (Å²) in [5, 5.41) is 11.8. The Labute approximate surface area is 195 Å². The molecular weight excluding hydrogens is 440 g/mol. The number of ether oxygens (including phenoxy) is 1. The zero-order valence-electron chi connectivity index (χ0n) is 18.9. The van der Waals surface area contributed by atoms with Gasteiger partial charge in [-0.3, -0.25) is 14.8 Å². The van der Waals surface area contributed by atoms with Crippen LogP contribution in [0.1, 0.15) is 44.5 Å². The van der Waals surface area contributed by atoms with E-state index in [4.69, 9.17) is 4.74 Å². The van der Waals surface area contributed by atoms with E-state index in [9.17, 15) is 4.79 Å². The van der Waals surface area contributed by atoms with Crippen LogP contribution in [0.4, 0.5) is 5.13 Å². The molecule has 1 aromatic carbocycles. The number of anilines is 1. The van der Waals surface area contributed by atoms with Crippen molar-refractivity contribution in [1.82, 2.24) is 14.8 Å². The summed E-state index contributed by atoms with van der Waals surface area (Å²) < 4.78 is 7.98. The van der Waals surface area contributed by atoms with E-state index in [0.29, 0.717) is 16.6 Å². The van der Waals surface area contributed by atoms with Gasteiger partial charge in [0.15, 0.2) is 5.13 Å². The Morgan fingerprint density at radius 2 is 1.84 bits per heavy atom. The lowest BCUT2D eigenvalue weighted by Gasteiger charge is -2.12. The van der Waals surface area contributed by atoms with E-state index >= 15 is 0 Å². The van der Waals surface area contributed by atoms with Crippen molar-refractivity contribution in [3.63, 3.8) is 0 Å². The number of hydrogen-bond donors (Lipinski definition) is 1. The summed E-state index contributed by atoms with van der Waals surface area (Å²) in [6.07, 6.45) is 1.82. The van der Waals surface area contributed by atoms with E-state index < -0.39 is 0 Å². The van der Waals surface area contributed by atoms with Crippen molar-refractivity contribution in [2.75, 3.05) is 5.32 Å². The summed E-state index contributed by atoms with van der Waals surface area (Å²) >= 11 is 2.82. The summed E-state index contributed by atoms with van der Waals surface area (Å²) in [7, 11) is 0. The van der Waals surface area contributed by atoms with Gasteiger partial charge in [-0.1, -0.05) is 17.7 Å². The predicted molar refractivity (Wildman–Crippen MR) is 131 cm³/mol. The van der Waals surface area contributed by atoms with Gasteiger partial charge in [0.2, 0.25) is 0 Å². The number of nitrogens with one attached hydrogen (secondary N) is 1. The van der Waals surface area contributed by atoms with Crippen LogP contribution in [0.3, 0.4) is 0 Å². The quantitative estimate of drug-likeness (QED) is 0.354. The molecule has 0 aliphatic carbocycles. The largest absolute Gasteiger partial charge is 0.488 e. The molecule has 0 saturated carbocycles. The fourth-order valence-electron chi connectivity index (χ4n) is 3.75. The van der Waals surface area contributed by atoms with Gasteiger partial charge >= 0.3 is 0 Å². The maximum atomic E-state index is 12.7. The minimum atomic E-state index is -0.161. The SMILES string of the molecule is CCn1ncc(-c2csc(NC(=O)c3cc(COc4c(C)cc(C)cc4C)cs3)n2)c1C. The molecule has 3 aromatic heterocycles. The van der Waals surface area contributed by atoms with E-state index in [0.717, 1.165) is 45.9 Å². The highest BCUT2D eigenvalue weighted by Gasteiger charge is 2.15. The van der Waals surface area contributed by atoms with Gasteiger partial charge in [0.05, 0.1) is 16.8 Å². The van der Waals surface area contributed by atoms with Gasteiger partial charge < -0.3 is 4.74 Å². The summed E-state index contributed by atoms with van der Waals surface area (Å²) in [4.78, 5) is 17.9. The normalized spacial score (nSPS) is 11.0. The molecule has 6 nitrogen and oxygen atoms in total. The van der Waals surface area contributed by atoms with Crippen molar-refractivity contribution in [3.05, 3.63) is 68.0 Å². The number of rotatable bonds is 7. The second-order valence-corrected chi connectivity index (χ2v) is 9.56. The molecule has 4 rings (SSSR count). The first-order valence-corrected chi connectivity index (χ1v) is 12.2. The Kier molecular flexibility index (Phi) is 6.43. The second-order valence-electron chi connectivity index (χ2n) is 7.79. The molecule has 0 spiro atoms. The van der Waals surface area contributed by atoms with E-state index in [1.54, 1.807) is 0 Å². The molecule has 8 heteroatoms. The Morgan fingerprint density at radius 1 is 1.09 bits per heavy atom. The zero-order valence-corrected chi connectivity index (χ0v) is 20.5. The average Bonchev–Trinajstić information content (AvgIpc) is 3.47. The summed E-state index contributed by atoms with van der Waals surface area (Å²) in [5.74, 6) is 0.746. The monoisotopic (exact) mass is 466 g/mol. The molecule has 32 heavy (non-hydrogen) atoms. The molecule has 0 atom stereocenters. The van der Waals surface area contributed by atoms with E-state index in [1.807, 2.05) is 34.6 Å². The van der Waals surface area contributed by atoms with Gasteiger partial charge in [-0.05, 0) is 57.2 Å². The van der Waals surface area contributed by atoms with E-state index in [1.165, 1.54) is 28.2 Å². The number of aromatic nitrogens is 3. The third-order valence-corrected chi connectivity index (χ3v) is 7.00. The number of carbonyl (C=O) groups excluding carboxylic acids is 1. The van der Waals surface area contributed by atoms with Crippen LogP contribution >= 0.6 is 22.7 Å². The van der Waals surface area contributed by atoms with Gasteiger partial charge in [-0.2, -0.15) is 5.10 Å². The minimum Gasteiger partial charge on any atom is -0.488 e. The number of nitrogens with zero attached hydrogens (tertiary/aromatic N) is 3. The maximum Gasteiger partial charge on any atom is 0.267 e. The molecular formula is C24H26N4O2S2. The van der Waals surface area contributed by atoms with Crippen LogP contribution in [-0.2, 0) is 13.2 Å². The number of aryl methyl sites for hydroxylation is 4. The topological polar surface area (TPSA) is 69.0 Å². The lowest BCUT2D eigenvalue weighted by atomic mass is 10.1. The average molecular weight is 467 g/mol. The predicted octanol–water partition coefficient (Wildman–Crippen LogP) is 6.15. The molecule has 0 bridgehead atoms. The van der Waals surface area contributed by atoms with Crippen molar-refractivity contribution in [3.8, 4) is 17.0 Å². The molecule has 166 valence electrons. The molecule has 1 amide bonds. The smallest absolute Gasteiger partial charge is 0.267 e. The lowest BCUT2D eigenvalue weighted by molar-refractivity contribution is 0.103. The first kappa shape index (κ1) is 22.2. The number of thiazole rings is 1. The fourth-order valence-corrected chi connectivity index (χ4v) is 5.25. The number of amides is 1. The van der Waals surface area contributed by atoms with Crippen LogP contribution < -0.4 is 10.1 Å². The zero-order chi connectivity index (χ0) is 22.8. The van der Waals surface area contributed by atoms with Crippen LogP contribution in [0.2, 0.25) is 0 Å². The van der Waals surface area contributed by atoms with Crippen molar-refractivity contribution in [2.24, 2.45) is 0 Å². The molecule has 0 saturated heterocycles. The van der Waals surface area contributed by atoms with Gasteiger partial charge in [0, 0.05) is 28.7 Å². The van der Waals surface area contributed by atoms with Gasteiger partial charge in [-0.15, -0.1) is 22.7 Å². The molecule has 0 unspecified atom stereocenters. The summed E-state index contributed by atoms with van der Waals surface area (Å²) in [5.41, 5.74) is 7.32. The third-order valence-electron chi connectivity index (χ3n) is 5.27. The number of carbonyl (C=O) groups is 1. The number of benzene rings is 1. The van der Waals surface area contributed by atoms with Crippen molar-refractivity contribution < 1.29 is 9.53 Å². The Balaban J connectivity index is 1.40. The van der Waals surface area contributed by atoms with E-state index in [-0.39, 0.29) is 5.91 Å². The Morgan fingerprint density at radius 3 is 2.53 bits per heavy atom. The van der Waals surface area contributed by atoms with Crippen LogP contribution in [0.15, 0.2) is 35.2 Å². The Hall–Kier alpha value is -2.97. The molecule has 0 aliphatic heterocycles. The van der Waals surface area contributed by atoms with Crippen LogP contribution in [0, 0.1) is 27.7 Å². The Bertz CT molecular complexity index is 1250. The fraction of sp³-hybridized carbons (Fsp3) is 0.292. The van der Waals surface area contributed by atoms with Gasteiger partial charge in [0.25, 0.3) is 5.91 Å². The standard InChI is InChI=1S/C24H26N4O2S2/c1-6-28-17(5)19(10-25-28)20-13-32-24(26-20)27-23(29)21-9-18(12-31-21)11-30-22-15(3)7-14(2)8-16(22)4/h7-10,12-13H,6,11H2,1-5H3,(H,26,27,29). The molecule has 0 fully saturated rings. The maximum absolute atomic E-state index is 12.7. The second kappa shape index (κ2) is 9.26. The highest BCUT2D eigenvalue weighted by Crippen LogP contribution is 2.29. The van der Waals surface area contributed by atoms with E-state index in [2.05, 4.69) is 55.2 Å². The highest BCUT2D eigenvalue weighted by molar-refractivity contribution is 7.14. The van der Waals surface area contributed by atoms with Crippen molar-refractivity contribution in [1.29, 1.82) is 0 Å². The molecule has 1 N–H and O–H groups in total. The highest BCUT2D eigenvalue weighted by atomic mass is 32.1. The third kappa shape index (κ3) is 4.61. The summed E-state index contributed by atoms with van der Waals surface area (Å²) in [6, 6.07) is 6.11.